The average molecular weight is 621 g/mol. The number of anilines is 1. The standard InChI is InChI=1S/C32H33FN4O8/c1-36(2)24-17-11-14-10-15-20(25(38)19(14)28(41)32(17,45)29(42)21(27(24)40)30(34)43)26(39)23-16(22(15)33)12-37(3)18(31(44)35-23)9-13-7-5-4-6-8-13/h4-8,14,17-18,24,39-41,45H,9-12H2,1-3H3,(H2,34,43)(H,35,44)/t14-,17-,18-,24-,32-/m0/s1. The second-order valence-corrected chi connectivity index (χ2v) is 12.4. The van der Waals surface area contributed by atoms with Gasteiger partial charge in [-0.15, -0.1) is 0 Å². The number of aliphatic hydroxyl groups is 3. The van der Waals surface area contributed by atoms with Crippen molar-refractivity contribution in [3.63, 3.8) is 0 Å². The zero-order valence-corrected chi connectivity index (χ0v) is 24.8. The third-order valence-electron chi connectivity index (χ3n) is 9.68. The molecule has 6 rings (SSSR count). The molecule has 2 aromatic rings. The van der Waals surface area contributed by atoms with Crippen molar-refractivity contribution in [1.82, 2.24) is 9.80 Å². The first kappa shape index (κ1) is 30.4. The smallest absolute Gasteiger partial charge is 0.255 e. The van der Waals surface area contributed by atoms with Crippen molar-refractivity contribution in [1.29, 1.82) is 0 Å². The number of halogens is 1. The molecule has 4 aliphatic rings. The highest BCUT2D eigenvalue weighted by Crippen LogP contribution is 2.53. The Morgan fingerprint density at radius 1 is 1.13 bits per heavy atom. The lowest BCUT2D eigenvalue weighted by molar-refractivity contribution is -0.148. The molecule has 13 heteroatoms. The SMILES string of the molecule is CN(C)[C@@H]1C(O)=C(C(N)=O)C(=O)[C@@]2(O)C(O)=C3C(=O)c4c(O)c5c(c(F)c4C[C@H]3C[C@@H]12)CN(C)[C@@H](Cc1ccccc1)C(=O)N5. The van der Waals surface area contributed by atoms with Crippen molar-refractivity contribution in [3.05, 3.63) is 81.1 Å². The Labute approximate surface area is 257 Å². The monoisotopic (exact) mass is 620 g/mol. The number of fused-ring (bicyclic) bond motifs is 4. The molecule has 2 amide bonds. The molecule has 0 unspecified atom stereocenters. The van der Waals surface area contributed by atoms with E-state index in [4.69, 9.17) is 5.73 Å². The van der Waals surface area contributed by atoms with Crippen LogP contribution in [0, 0.1) is 17.7 Å². The van der Waals surface area contributed by atoms with Gasteiger partial charge in [0, 0.05) is 29.2 Å². The number of aliphatic hydroxyl groups excluding tert-OH is 2. The number of aromatic hydroxyl groups is 1. The molecule has 2 aromatic carbocycles. The minimum absolute atomic E-state index is 0.0138. The third-order valence-corrected chi connectivity index (χ3v) is 9.68. The second-order valence-electron chi connectivity index (χ2n) is 12.4. The van der Waals surface area contributed by atoms with Crippen LogP contribution in [-0.2, 0) is 33.8 Å². The number of phenols is 1. The fourth-order valence-corrected chi connectivity index (χ4v) is 7.53. The first-order valence-corrected chi connectivity index (χ1v) is 14.5. The van der Waals surface area contributed by atoms with Crippen LogP contribution in [0.5, 0.6) is 5.75 Å². The van der Waals surface area contributed by atoms with Gasteiger partial charge in [0.15, 0.2) is 17.1 Å². The van der Waals surface area contributed by atoms with Crippen molar-refractivity contribution in [2.45, 2.75) is 43.5 Å². The number of carbonyl (C=O) groups is 4. The predicted molar refractivity (Wildman–Crippen MR) is 158 cm³/mol. The summed E-state index contributed by atoms with van der Waals surface area (Å²) in [6.45, 7) is -0.0702. The van der Waals surface area contributed by atoms with Crippen LogP contribution in [0.1, 0.15) is 33.5 Å². The summed E-state index contributed by atoms with van der Waals surface area (Å²) in [6.07, 6.45) is -0.0681. The lowest BCUT2D eigenvalue weighted by Gasteiger charge is -2.50. The molecule has 3 aliphatic carbocycles. The molecule has 0 spiro atoms. The van der Waals surface area contributed by atoms with E-state index in [0.717, 1.165) is 5.56 Å². The molecule has 0 saturated carbocycles. The highest BCUT2D eigenvalue weighted by atomic mass is 19.1. The van der Waals surface area contributed by atoms with Gasteiger partial charge in [0.25, 0.3) is 5.91 Å². The molecule has 0 aromatic heterocycles. The molecular weight excluding hydrogens is 587 g/mol. The average Bonchev–Trinajstić information content (AvgIpc) is 3.09. The fraction of sp³-hybridized carbons (Fsp3) is 0.375. The van der Waals surface area contributed by atoms with Crippen molar-refractivity contribution < 1.29 is 44.0 Å². The van der Waals surface area contributed by atoms with Crippen molar-refractivity contribution in [2.24, 2.45) is 17.6 Å². The van der Waals surface area contributed by atoms with Gasteiger partial charge in [-0.25, -0.2) is 4.39 Å². The van der Waals surface area contributed by atoms with Gasteiger partial charge in [0.2, 0.25) is 11.7 Å². The summed E-state index contributed by atoms with van der Waals surface area (Å²) >= 11 is 0. The molecule has 5 atom stereocenters. The minimum Gasteiger partial charge on any atom is -0.510 e. The molecule has 7 N–H and O–H groups in total. The van der Waals surface area contributed by atoms with Crippen LogP contribution in [0.3, 0.4) is 0 Å². The van der Waals surface area contributed by atoms with Gasteiger partial charge in [-0.1, -0.05) is 30.3 Å². The van der Waals surface area contributed by atoms with E-state index in [2.05, 4.69) is 5.32 Å². The van der Waals surface area contributed by atoms with Crippen LogP contribution in [0.2, 0.25) is 0 Å². The van der Waals surface area contributed by atoms with Crippen molar-refractivity contribution in [2.75, 3.05) is 26.5 Å². The summed E-state index contributed by atoms with van der Waals surface area (Å²) in [5.41, 5.74) is 1.16. The van der Waals surface area contributed by atoms with Gasteiger partial charge >= 0.3 is 0 Å². The van der Waals surface area contributed by atoms with Crippen LogP contribution in [0.4, 0.5) is 10.1 Å². The zero-order chi connectivity index (χ0) is 32.7. The van der Waals surface area contributed by atoms with E-state index < -0.39 is 92.7 Å². The Kier molecular flexibility index (Phi) is 7.10. The van der Waals surface area contributed by atoms with E-state index in [1.165, 1.54) is 19.0 Å². The zero-order valence-electron chi connectivity index (χ0n) is 24.8. The van der Waals surface area contributed by atoms with Gasteiger partial charge < -0.3 is 31.5 Å². The number of carbonyl (C=O) groups excluding carboxylic acids is 4. The predicted octanol–water partition coefficient (Wildman–Crippen LogP) is 1.25. The van der Waals surface area contributed by atoms with E-state index in [1.54, 1.807) is 11.9 Å². The molecule has 45 heavy (non-hydrogen) atoms. The molecule has 0 radical (unpaired) electrons. The van der Waals surface area contributed by atoms with Crippen LogP contribution >= 0.6 is 0 Å². The first-order valence-electron chi connectivity index (χ1n) is 14.5. The van der Waals surface area contributed by atoms with Crippen LogP contribution in [0.25, 0.3) is 0 Å². The number of benzene rings is 2. The Bertz CT molecular complexity index is 1750. The van der Waals surface area contributed by atoms with Gasteiger partial charge in [-0.2, -0.15) is 0 Å². The Balaban J connectivity index is 1.46. The van der Waals surface area contributed by atoms with Crippen LogP contribution in [-0.4, -0.2) is 92.4 Å². The molecule has 0 bridgehead atoms. The third kappa shape index (κ3) is 4.29. The summed E-state index contributed by atoms with van der Waals surface area (Å²) in [4.78, 5) is 56.1. The molecule has 1 aliphatic heterocycles. The minimum atomic E-state index is -2.81. The van der Waals surface area contributed by atoms with E-state index in [9.17, 15) is 39.6 Å². The molecule has 12 nitrogen and oxygen atoms in total. The number of likely N-dealkylation sites (N-methyl/N-ethyl adjacent to an activating group) is 2. The van der Waals surface area contributed by atoms with Crippen molar-refractivity contribution >= 4 is 29.1 Å². The number of amides is 2. The number of ketones is 2. The first-order chi connectivity index (χ1) is 21.2. The largest absolute Gasteiger partial charge is 0.510 e. The summed E-state index contributed by atoms with van der Waals surface area (Å²) in [7, 11) is 4.71. The van der Waals surface area contributed by atoms with Gasteiger partial charge in [0.1, 0.15) is 22.9 Å². The number of hydrogen-bond donors (Lipinski definition) is 6. The van der Waals surface area contributed by atoms with Gasteiger partial charge in [-0.3, -0.25) is 29.0 Å². The Morgan fingerprint density at radius 2 is 1.80 bits per heavy atom. The number of allylic oxidation sites excluding steroid dienone is 1. The fourth-order valence-electron chi connectivity index (χ4n) is 7.53. The lowest BCUT2D eigenvalue weighted by atomic mass is 9.58. The maximum Gasteiger partial charge on any atom is 0.255 e. The van der Waals surface area contributed by atoms with Gasteiger partial charge in [0.05, 0.1) is 23.3 Å². The van der Waals surface area contributed by atoms with E-state index in [-0.39, 0.29) is 36.2 Å². The summed E-state index contributed by atoms with van der Waals surface area (Å²) in [5.74, 6) is -9.66. The van der Waals surface area contributed by atoms with E-state index in [0.29, 0.717) is 6.42 Å². The van der Waals surface area contributed by atoms with Crippen molar-refractivity contribution in [3.8, 4) is 5.75 Å². The Hall–Kier alpha value is -4.59. The van der Waals surface area contributed by atoms with Gasteiger partial charge in [-0.05, 0) is 51.9 Å². The highest BCUT2D eigenvalue weighted by Gasteiger charge is 2.63. The number of hydrogen-bond acceptors (Lipinski definition) is 10. The van der Waals surface area contributed by atoms with Crippen LogP contribution in [0.15, 0.2) is 53.0 Å². The highest BCUT2D eigenvalue weighted by molar-refractivity contribution is 6.25. The quantitative estimate of drug-likeness (QED) is 0.214. The number of nitrogens with zero attached hydrogens (tertiary/aromatic N) is 2. The van der Waals surface area contributed by atoms with E-state index >= 15 is 4.39 Å². The molecule has 0 saturated heterocycles. The normalized spacial score (nSPS) is 28.3. The maximum absolute atomic E-state index is 16.4. The lowest BCUT2D eigenvalue weighted by Crippen LogP contribution is -2.63. The second kappa shape index (κ2) is 10.5. The number of phenolic OH excluding ortho intramolecular Hbond substituents is 1. The Morgan fingerprint density at radius 3 is 2.42 bits per heavy atom. The maximum atomic E-state index is 16.4. The number of primary amides is 1. The number of nitrogens with one attached hydrogen (secondary N) is 1. The number of nitrogens with two attached hydrogens (primary N) is 1. The number of Topliss-reactive ketones (excluding diaryl/α,β-unsaturated/α-hetero) is 2. The summed E-state index contributed by atoms with van der Waals surface area (Å²) in [5, 5.41) is 48.1. The summed E-state index contributed by atoms with van der Waals surface area (Å²) < 4.78 is 16.4. The molecule has 0 fully saturated rings. The summed E-state index contributed by atoms with van der Waals surface area (Å²) in [6, 6.07) is 7.33. The number of rotatable bonds is 4. The molecular formula is C32H33FN4O8. The molecule has 1 heterocycles. The van der Waals surface area contributed by atoms with E-state index in [1.807, 2.05) is 30.3 Å². The van der Waals surface area contributed by atoms with Crippen LogP contribution < -0.4 is 11.1 Å². The topological polar surface area (TPSA) is 194 Å². The molecule has 236 valence electrons.